The maximum atomic E-state index is 3.63. The highest BCUT2D eigenvalue weighted by Crippen LogP contribution is 2.31. The minimum absolute atomic E-state index is 0.243. The van der Waals surface area contributed by atoms with Crippen LogP contribution >= 0.6 is 27.3 Å². The zero-order chi connectivity index (χ0) is 14.0. The number of halogens is 1. The van der Waals surface area contributed by atoms with E-state index >= 15 is 0 Å². The SMILES string of the molecule is Cc1cccc(NCc2ccc(C(C)(C)C)s2)c1Br. The summed E-state index contributed by atoms with van der Waals surface area (Å²) in [4.78, 5) is 2.81. The lowest BCUT2D eigenvalue weighted by atomic mass is 9.95. The Hall–Kier alpha value is -0.800. The summed E-state index contributed by atoms with van der Waals surface area (Å²) in [6.45, 7) is 9.76. The average molecular weight is 338 g/mol. The maximum absolute atomic E-state index is 3.63. The molecule has 2 aromatic rings. The van der Waals surface area contributed by atoms with Crippen LogP contribution in [0.2, 0.25) is 0 Å². The van der Waals surface area contributed by atoms with Gasteiger partial charge in [-0.2, -0.15) is 0 Å². The van der Waals surface area contributed by atoms with Crippen LogP contribution in [0.1, 0.15) is 36.1 Å². The van der Waals surface area contributed by atoms with Crippen LogP contribution < -0.4 is 5.32 Å². The van der Waals surface area contributed by atoms with E-state index in [9.17, 15) is 0 Å². The van der Waals surface area contributed by atoms with Crippen molar-refractivity contribution in [1.82, 2.24) is 0 Å². The van der Waals surface area contributed by atoms with Crippen LogP contribution in [0.15, 0.2) is 34.8 Å². The predicted molar refractivity (Wildman–Crippen MR) is 89.2 cm³/mol. The fraction of sp³-hybridized carbons (Fsp3) is 0.375. The Morgan fingerprint density at radius 2 is 1.89 bits per heavy atom. The molecule has 2 rings (SSSR count). The van der Waals surface area contributed by atoms with E-state index < -0.39 is 0 Å². The number of nitrogens with one attached hydrogen (secondary N) is 1. The summed E-state index contributed by atoms with van der Waals surface area (Å²) in [5.41, 5.74) is 2.66. The first-order valence-electron chi connectivity index (χ1n) is 6.46. The summed E-state index contributed by atoms with van der Waals surface area (Å²) in [7, 11) is 0. The van der Waals surface area contributed by atoms with Crippen LogP contribution in [0.3, 0.4) is 0 Å². The van der Waals surface area contributed by atoms with Gasteiger partial charge in [0, 0.05) is 26.5 Å². The molecule has 1 heterocycles. The zero-order valence-corrected chi connectivity index (χ0v) is 14.3. The maximum Gasteiger partial charge on any atom is 0.0494 e. The van der Waals surface area contributed by atoms with Crippen LogP contribution in [0.25, 0.3) is 0 Å². The van der Waals surface area contributed by atoms with E-state index in [4.69, 9.17) is 0 Å². The van der Waals surface area contributed by atoms with Gasteiger partial charge in [-0.05, 0) is 52.0 Å². The molecule has 102 valence electrons. The molecule has 0 unspecified atom stereocenters. The van der Waals surface area contributed by atoms with E-state index in [1.54, 1.807) is 0 Å². The van der Waals surface area contributed by atoms with Gasteiger partial charge in [0.1, 0.15) is 0 Å². The van der Waals surface area contributed by atoms with Crippen molar-refractivity contribution in [1.29, 1.82) is 0 Å². The Morgan fingerprint density at radius 3 is 2.53 bits per heavy atom. The second-order valence-corrected chi connectivity index (χ2v) is 7.77. The Kier molecular flexibility index (Phi) is 4.36. The number of hydrogen-bond acceptors (Lipinski definition) is 2. The smallest absolute Gasteiger partial charge is 0.0494 e. The molecular weight excluding hydrogens is 318 g/mol. The average Bonchev–Trinajstić information content (AvgIpc) is 2.79. The van der Waals surface area contributed by atoms with E-state index in [1.807, 2.05) is 11.3 Å². The minimum atomic E-state index is 0.243. The molecule has 1 N–H and O–H groups in total. The summed E-state index contributed by atoms with van der Waals surface area (Å²) in [5, 5.41) is 3.50. The molecule has 0 amide bonds. The lowest BCUT2D eigenvalue weighted by Crippen LogP contribution is -2.07. The molecule has 19 heavy (non-hydrogen) atoms. The van der Waals surface area contributed by atoms with E-state index in [-0.39, 0.29) is 5.41 Å². The Labute approximate surface area is 128 Å². The highest BCUT2D eigenvalue weighted by molar-refractivity contribution is 9.10. The number of aryl methyl sites for hydroxylation is 1. The Balaban J connectivity index is 2.07. The highest BCUT2D eigenvalue weighted by atomic mass is 79.9. The lowest BCUT2D eigenvalue weighted by molar-refractivity contribution is 0.604. The molecule has 0 atom stereocenters. The molecule has 0 saturated heterocycles. The first-order valence-corrected chi connectivity index (χ1v) is 8.07. The molecule has 0 spiro atoms. The first-order chi connectivity index (χ1) is 8.88. The predicted octanol–water partition coefficient (Wildman–Crippen LogP) is 5.73. The van der Waals surface area contributed by atoms with Gasteiger partial charge in [0.25, 0.3) is 0 Å². The van der Waals surface area contributed by atoms with Crippen LogP contribution in [-0.4, -0.2) is 0 Å². The third kappa shape index (κ3) is 3.61. The van der Waals surface area contributed by atoms with E-state index in [0.717, 1.165) is 16.7 Å². The molecule has 1 aromatic heterocycles. The van der Waals surface area contributed by atoms with Crippen LogP contribution in [-0.2, 0) is 12.0 Å². The van der Waals surface area contributed by atoms with Gasteiger partial charge in [-0.15, -0.1) is 11.3 Å². The molecule has 1 aromatic carbocycles. The Bertz CT molecular complexity index is 566. The van der Waals surface area contributed by atoms with Crippen molar-refractivity contribution >= 4 is 33.0 Å². The first kappa shape index (κ1) is 14.6. The number of anilines is 1. The highest BCUT2D eigenvalue weighted by Gasteiger charge is 2.15. The second-order valence-electron chi connectivity index (χ2n) is 5.81. The van der Waals surface area contributed by atoms with Crippen molar-refractivity contribution in [3.8, 4) is 0 Å². The van der Waals surface area contributed by atoms with E-state index in [2.05, 4.69) is 79.3 Å². The third-order valence-corrected chi connectivity index (χ3v) is 5.61. The summed E-state index contributed by atoms with van der Waals surface area (Å²) in [6, 6.07) is 10.8. The molecule has 3 heteroatoms. The van der Waals surface area contributed by atoms with Gasteiger partial charge in [-0.3, -0.25) is 0 Å². The monoisotopic (exact) mass is 337 g/mol. The fourth-order valence-electron chi connectivity index (χ4n) is 1.84. The quantitative estimate of drug-likeness (QED) is 0.754. The van der Waals surface area contributed by atoms with E-state index in [0.29, 0.717) is 0 Å². The molecule has 0 aliphatic heterocycles. The standard InChI is InChI=1S/C16H20BrNS/c1-11-6-5-7-13(15(11)17)18-10-12-8-9-14(19-12)16(2,3)4/h5-9,18H,10H2,1-4H3. The molecular formula is C16H20BrNS. The lowest BCUT2D eigenvalue weighted by Gasteiger charge is -2.15. The van der Waals surface area contributed by atoms with Crippen molar-refractivity contribution < 1.29 is 0 Å². The molecule has 0 aliphatic carbocycles. The van der Waals surface area contributed by atoms with Crippen molar-refractivity contribution in [2.24, 2.45) is 0 Å². The Morgan fingerprint density at radius 1 is 1.16 bits per heavy atom. The van der Waals surface area contributed by atoms with Crippen molar-refractivity contribution in [2.45, 2.75) is 39.7 Å². The number of benzene rings is 1. The summed E-state index contributed by atoms with van der Waals surface area (Å²) < 4.78 is 1.16. The van der Waals surface area contributed by atoms with Crippen molar-refractivity contribution in [3.63, 3.8) is 0 Å². The summed E-state index contributed by atoms with van der Waals surface area (Å²) >= 11 is 5.52. The third-order valence-electron chi connectivity index (χ3n) is 3.05. The van der Waals surface area contributed by atoms with Gasteiger partial charge < -0.3 is 5.32 Å². The number of thiophene rings is 1. The van der Waals surface area contributed by atoms with Crippen molar-refractivity contribution in [3.05, 3.63) is 50.1 Å². The molecule has 0 saturated carbocycles. The number of hydrogen-bond donors (Lipinski definition) is 1. The molecule has 0 aliphatic rings. The van der Waals surface area contributed by atoms with Gasteiger partial charge in [0.05, 0.1) is 0 Å². The molecule has 0 fully saturated rings. The van der Waals surface area contributed by atoms with Gasteiger partial charge in [0.15, 0.2) is 0 Å². The van der Waals surface area contributed by atoms with Crippen LogP contribution in [0.5, 0.6) is 0 Å². The van der Waals surface area contributed by atoms with Crippen LogP contribution in [0, 0.1) is 6.92 Å². The van der Waals surface area contributed by atoms with Gasteiger partial charge >= 0.3 is 0 Å². The fourth-order valence-corrected chi connectivity index (χ4v) is 3.25. The van der Waals surface area contributed by atoms with Gasteiger partial charge in [-0.1, -0.05) is 32.9 Å². The largest absolute Gasteiger partial charge is 0.379 e. The minimum Gasteiger partial charge on any atom is -0.379 e. The van der Waals surface area contributed by atoms with Gasteiger partial charge in [-0.25, -0.2) is 0 Å². The number of rotatable bonds is 3. The van der Waals surface area contributed by atoms with Gasteiger partial charge in [0.2, 0.25) is 0 Å². The van der Waals surface area contributed by atoms with Crippen molar-refractivity contribution in [2.75, 3.05) is 5.32 Å². The zero-order valence-electron chi connectivity index (χ0n) is 11.9. The molecule has 0 bridgehead atoms. The second kappa shape index (κ2) is 5.68. The normalized spacial score (nSPS) is 11.6. The van der Waals surface area contributed by atoms with E-state index in [1.165, 1.54) is 15.3 Å². The molecule has 1 nitrogen and oxygen atoms in total. The molecule has 0 radical (unpaired) electrons. The summed E-state index contributed by atoms with van der Waals surface area (Å²) in [5.74, 6) is 0. The topological polar surface area (TPSA) is 12.0 Å². The summed E-state index contributed by atoms with van der Waals surface area (Å²) in [6.07, 6.45) is 0. The van der Waals surface area contributed by atoms with Crippen LogP contribution in [0.4, 0.5) is 5.69 Å².